The molecule has 0 aliphatic carbocycles. The number of carbonyl (C=O) groups excluding carboxylic acids is 1. The van der Waals surface area contributed by atoms with Crippen molar-refractivity contribution < 1.29 is 18.3 Å². The molecular formula is C19H22N2O4S. The molecule has 0 saturated heterocycles. The van der Waals surface area contributed by atoms with E-state index in [1.165, 1.54) is 13.0 Å². The van der Waals surface area contributed by atoms with E-state index in [9.17, 15) is 18.3 Å². The Balaban J connectivity index is 1.78. The van der Waals surface area contributed by atoms with Crippen LogP contribution in [0.4, 0.5) is 5.69 Å². The number of aliphatic hydroxyl groups is 1. The fraction of sp³-hybridized carbons (Fsp3) is 0.316. The van der Waals surface area contributed by atoms with Crippen LogP contribution in [0.3, 0.4) is 0 Å². The van der Waals surface area contributed by atoms with Crippen molar-refractivity contribution in [2.45, 2.75) is 30.7 Å². The van der Waals surface area contributed by atoms with Gasteiger partial charge in [0.05, 0.1) is 11.5 Å². The lowest BCUT2D eigenvalue weighted by Gasteiger charge is -2.18. The van der Waals surface area contributed by atoms with Crippen LogP contribution in [0.15, 0.2) is 53.4 Å². The lowest BCUT2D eigenvalue weighted by atomic mass is 10.1. The van der Waals surface area contributed by atoms with Gasteiger partial charge in [0, 0.05) is 25.2 Å². The van der Waals surface area contributed by atoms with Crippen LogP contribution >= 0.6 is 0 Å². The maximum absolute atomic E-state index is 12.7. The minimum absolute atomic E-state index is 0.0549. The van der Waals surface area contributed by atoms with Crippen LogP contribution in [0, 0.1) is 0 Å². The molecule has 0 saturated carbocycles. The number of fused-ring (bicyclic) bond motifs is 1. The highest BCUT2D eigenvalue weighted by molar-refractivity contribution is 7.89. The fourth-order valence-corrected chi connectivity index (χ4v) is 4.48. The average molecular weight is 374 g/mol. The lowest BCUT2D eigenvalue weighted by molar-refractivity contribution is -0.116. The number of benzene rings is 2. The normalized spacial score (nSPS) is 14.9. The van der Waals surface area contributed by atoms with Gasteiger partial charge in [0.15, 0.2) is 0 Å². The topological polar surface area (TPSA) is 86.7 Å². The van der Waals surface area contributed by atoms with Crippen molar-refractivity contribution in [3.63, 3.8) is 0 Å². The predicted octanol–water partition coefficient (Wildman–Crippen LogP) is 1.48. The fourth-order valence-electron chi connectivity index (χ4n) is 3.20. The third-order valence-electron chi connectivity index (χ3n) is 4.50. The van der Waals surface area contributed by atoms with Gasteiger partial charge in [0.2, 0.25) is 15.9 Å². The molecule has 2 N–H and O–H groups in total. The summed E-state index contributed by atoms with van der Waals surface area (Å²) >= 11 is 0. The summed E-state index contributed by atoms with van der Waals surface area (Å²) in [6, 6.07) is 13.6. The molecule has 2 aromatic carbocycles. The molecule has 0 radical (unpaired) electrons. The Labute approximate surface area is 153 Å². The number of nitrogens with zero attached hydrogens (tertiary/aromatic N) is 1. The number of sulfonamides is 1. The molecule has 1 aliphatic rings. The van der Waals surface area contributed by atoms with Gasteiger partial charge in [-0.05, 0) is 42.2 Å². The molecular weight excluding hydrogens is 352 g/mol. The number of hydrogen-bond acceptors (Lipinski definition) is 4. The number of carbonyl (C=O) groups is 1. The van der Waals surface area contributed by atoms with E-state index >= 15 is 0 Å². The van der Waals surface area contributed by atoms with Crippen LogP contribution in [0.25, 0.3) is 0 Å². The SMILES string of the molecule is CC(=O)N1CCc2cc(S(=O)(=O)NC(CO)Cc3ccccc3)ccc21. The highest BCUT2D eigenvalue weighted by Gasteiger charge is 2.26. The number of aliphatic hydroxyl groups excluding tert-OH is 1. The average Bonchev–Trinajstić information content (AvgIpc) is 3.05. The molecule has 1 unspecified atom stereocenters. The third kappa shape index (κ3) is 3.95. The quantitative estimate of drug-likeness (QED) is 0.802. The molecule has 0 fully saturated rings. The minimum Gasteiger partial charge on any atom is -0.395 e. The first-order chi connectivity index (χ1) is 12.4. The predicted molar refractivity (Wildman–Crippen MR) is 99.5 cm³/mol. The molecule has 1 atom stereocenters. The molecule has 1 heterocycles. The van der Waals surface area contributed by atoms with Gasteiger partial charge in [0.1, 0.15) is 0 Å². The standard InChI is InChI=1S/C19H22N2O4S/c1-14(23)21-10-9-16-12-18(7-8-19(16)21)26(24,25)20-17(13-22)11-15-5-3-2-4-6-15/h2-8,12,17,20,22H,9-11,13H2,1H3. The molecule has 6 nitrogen and oxygen atoms in total. The number of amides is 1. The van der Waals surface area contributed by atoms with Crippen LogP contribution in [0.1, 0.15) is 18.1 Å². The van der Waals surface area contributed by atoms with Gasteiger partial charge in [-0.15, -0.1) is 0 Å². The van der Waals surface area contributed by atoms with E-state index < -0.39 is 16.1 Å². The molecule has 138 valence electrons. The van der Waals surface area contributed by atoms with Gasteiger partial charge in [-0.25, -0.2) is 13.1 Å². The van der Waals surface area contributed by atoms with Crippen molar-refractivity contribution >= 4 is 21.6 Å². The molecule has 1 amide bonds. The monoisotopic (exact) mass is 374 g/mol. The van der Waals surface area contributed by atoms with E-state index in [0.717, 1.165) is 16.8 Å². The van der Waals surface area contributed by atoms with Crippen LogP contribution < -0.4 is 9.62 Å². The number of nitrogens with one attached hydrogen (secondary N) is 1. The van der Waals surface area contributed by atoms with Crippen molar-refractivity contribution in [1.82, 2.24) is 4.72 Å². The largest absolute Gasteiger partial charge is 0.395 e. The molecule has 26 heavy (non-hydrogen) atoms. The highest BCUT2D eigenvalue weighted by Crippen LogP contribution is 2.30. The summed E-state index contributed by atoms with van der Waals surface area (Å²) in [5.41, 5.74) is 2.55. The van der Waals surface area contributed by atoms with Crippen LogP contribution in [0.5, 0.6) is 0 Å². The van der Waals surface area contributed by atoms with E-state index in [0.29, 0.717) is 19.4 Å². The van der Waals surface area contributed by atoms with Gasteiger partial charge < -0.3 is 10.0 Å². The first kappa shape index (κ1) is 18.6. The first-order valence-electron chi connectivity index (χ1n) is 8.49. The summed E-state index contributed by atoms with van der Waals surface area (Å²) in [4.78, 5) is 13.4. The zero-order chi connectivity index (χ0) is 18.7. The molecule has 1 aliphatic heterocycles. The van der Waals surface area contributed by atoms with Gasteiger partial charge in [0.25, 0.3) is 0 Å². The maximum Gasteiger partial charge on any atom is 0.240 e. The lowest BCUT2D eigenvalue weighted by Crippen LogP contribution is -2.39. The van der Waals surface area contributed by atoms with Crippen LogP contribution in [-0.4, -0.2) is 38.6 Å². The van der Waals surface area contributed by atoms with Gasteiger partial charge in [-0.2, -0.15) is 0 Å². The van der Waals surface area contributed by atoms with Gasteiger partial charge in [-0.3, -0.25) is 4.79 Å². The van der Waals surface area contributed by atoms with E-state index in [2.05, 4.69) is 4.72 Å². The van der Waals surface area contributed by atoms with E-state index in [1.54, 1.807) is 17.0 Å². The number of hydrogen-bond donors (Lipinski definition) is 2. The first-order valence-corrected chi connectivity index (χ1v) is 9.97. The Bertz CT molecular complexity index is 897. The summed E-state index contributed by atoms with van der Waals surface area (Å²) < 4.78 is 28.0. The summed E-state index contributed by atoms with van der Waals surface area (Å²) in [6.45, 7) is 1.77. The number of anilines is 1. The Morgan fingerprint density at radius 3 is 2.62 bits per heavy atom. The summed E-state index contributed by atoms with van der Waals surface area (Å²) in [7, 11) is -3.76. The Morgan fingerprint density at radius 1 is 1.23 bits per heavy atom. The molecule has 2 aromatic rings. The number of rotatable bonds is 6. The van der Waals surface area contributed by atoms with Crippen LogP contribution in [0.2, 0.25) is 0 Å². The summed E-state index contributed by atoms with van der Waals surface area (Å²) in [5.74, 6) is -0.0549. The van der Waals surface area contributed by atoms with Crippen LogP contribution in [-0.2, 0) is 27.7 Å². The zero-order valence-corrected chi connectivity index (χ0v) is 15.4. The van der Waals surface area contributed by atoms with Gasteiger partial charge >= 0.3 is 0 Å². The summed E-state index contributed by atoms with van der Waals surface area (Å²) in [6.07, 6.45) is 1.03. The van der Waals surface area contributed by atoms with Gasteiger partial charge in [-0.1, -0.05) is 30.3 Å². The van der Waals surface area contributed by atoms with E-state index in [1.807, 2.05) is 30.3 Å². The second-order valence-electron chi connectivity index (χ2n) is 6.40. The van der Waals surface area contributed by atoms with E-state index in [4.69, 9.17) is 0 Å². The Kier molecular flexibility index (Phi) is 5.41. The molecule has 7 heteroatoms. The molecule has 0 aromatic heterocycles. The second-order valence-corrected chi connectivity index (χ2v) is 8.12. The van der Waals surface area contributed by atoms with E-state index in [-0.39, 0.29) is 17.4 Å². The second kappa shape index (κ2) is 7.57. The van der Waals surface area contributed by atoms with Crippen molar-refractivity contribution in [1.29, 1.82) is 0 Å². The van der Waals surface area contributed by atoms with Crippen molar-refractivity contribution in [3.8, 4) is 0 Å². The molecule has 3 rings (SSSR count). The maximum atomic E-state index is 12.7. The van der Waals surface area contributed by atoms with Crippen molar-refractivity contribution in [3.05, 3.63) is 59.7 Å². The highest BCUT2D eigenvalue weighted by atomic mass is 32.2. The molecule has 0 spiro atoms. The zero-order valence-electron chi connectivity index (χ0n) is 14.6. The summed E-state index contributed by atoms with van der Waals surface area (Å²) in [5, 5.41) is 9.58. The van der Waals surface area contributed by atoms with Crippen molar-refractivity contribution in [2.75, 3.05) is 18.1 Å². The Morgan fingerprint density at radius 2 is 1.96 bits per heavy atom. The minimum atomic E-state index is -3.76. The van der Waals surface area contributed by atoms with Crippen molar-refractivity contribution in [2.24, 2.45) is 0 Å². The molecule has 0 bridgehead atoms. The smallest absolute Gasteiger partial charge is 0.240 e. The Hall–Kier alpha value is -2.22. The third-order valence-corrected chi connectivity index (χ3v) is 6.02.